The highest BCUT2D eigenvalue weighted by atomic mass is 16.6. The van der Waals surface area contributed by atoms with E-state index in [0.717, 1.165) is 12.5 Å². The van der Waals surface area contributed by atoms with E-state index in [0.29, 0.717) is 6.10 Å². The van der Waals surface area contributed by atoms with Crippen LogP contribution in [0.3, 0.4) is 0 Å². The van der Waals surface area contributed by atoms with Crippen molar-refractivity contribution in [1.82, 2.24) is 0 Å². The highest BCUT2D eigenvalue weighted by Gasteiger charge is 2.21. The van der Waals surface area contributed by atoms with Gasteiger partial charge in [-0.15, -0.1) is 0 Å². The molecule has 1 saturated heterocycles. The summed E-state index contributed by atoms with van der Waals surface area (Å²) in [6.45, 7) is 3.35. The predicted molar refractivity (Wildman–Crippen MR) is 62.9 cm³/mol. The predicted octanol–water partition coefficient (Wildman–Crippen LogP) is 3.43. The van der Waals surface area contributed by atoms with Crippen LogP contribution in [0.15, 0.2) is 30.3 Å². The maximum absolute atomic E-state index is 5.21. The van der Waals surface area contributed by atoms with Crippen molar-refractivity contribution >= 4 is 0 Å². The minimum absolute atomic E-state index is 0.605. The Hall–Kier alpha value is -0.820. The molecule has 1 aliphatic rings. The van der Waals surface area contributed by atoms with Gasteiger partial charge in [0.25, 0.3) is 0 Å². The van der Waals surface area contributed by atoms with Crippen LogP contribution >= 0.6 is 0 Å². The first kappa shape index (κ1) is 10.7. The Morgan fingerprint density at radius 2 is 2.07 bits per heavy atom. The quantitative estimate of drug-likeness (QED) is 0.647. The van der Waals surface area contributed by atoms with E-state index in [1.165, 1.54) is 31.2 Å². The molecular formula is C14H20O. The first-order chi connectivity index (χ1) is 7.34. The molecule has 1 aliphatic heterocycles. The number of rotatable bonds is 6. The van der Waals surface area contributed by atoms with E-state index >= 15 is 0 Å². The van der Waals surface area contributed by atoms with Crippen molar-refractivity contribution in [3.63, 3.8) is 0 Å². The van der Waals surface area contributed by atoms with Gasteiger partial charge in [0.2, 0.25) is 0 Å². The summed E-state index contributed by atoms with van der Waals surface area (Å²) in [7, 11) is 0. The van der Waals surface area contributed by atoms with E-state index in [1.807, 2.05) is 0 Å². The first-order valence-electron chi connectivity index (χ1n) is 6.00. The van der Waals surface area contributed by atoms with Gasteiger partial charge in [0.15, 0.2) is 0 Å². The van der Waals surface area contributed by atoms with Gasteiger partial charge in [-0.05, 0) is 24.3 Å². The molecule has 1 aromatic carbocycles. The van der Waals surface area contributed by atoms with Gasteiger partial charge in [0, 0.05) is 0 Å². The smallest absolute Gasteiger partial charge is 0.0810 e. The summed E-state index contributed by atoms with van der Waals surface area (Å²) in [6.07, 6.45) is 5.73. The van der Waals surface area contributed by atoms with Crippen LogP contribution in [0, 0.1) is 5.92 Å². The zero-order valence-corrected chi connectivity index (χ0v) is 9.49. The highest BCUT2D eigenvalue weighted by Crippen LogP contribution is 2.20. The molecule has 15 heavy (non-hydrogen) atoms. The van der Waals surface area contributed by atoms with Crippen LogP contribution in [0.5, 0.6) is 0 Å². The average Bonchev–Trinajstić information content (AvgIpc) is 3.03. The molecule has 1 heterocycles. The van der Waals surface area contributed by atoms with Gasteiger partial charge in [0.05, 0.1) is 12.7 Å². The second kappa shape index (κ2) is 5.32. The van der Waals surface area contributed by atoms with Crippen LogP contribution in [-0.2, 0) is 11.2 Å². The van der Waals surface area contributed by atoms with E-state index in [2.05, 4.69) is 37.3 Å². The van der Waals surface area contributed by atoms with Crippen LogP contribution in [0.25, 0.3) is 0 Å². The van der Waals surface area contributed by atoms with Crippen molar-refractivity contribution in [3.8, 4) is 0 Å². The van der Waals surface area contributed by atoms with Gasteiger partial charge in [0.1, 0.15) is 0 Å². The third-order valence-corrected chi connectivity index (χ3v) is 3.05. The zero-order valence-electron chi connectivity index (χ0n) is 9.49. The first-order valence-corrected chi connectivity index (χ1v) is 6.00. The molecule has 1 fully saturated rings. The molecule has 0 N–H and O–H groups in total. The summed E-state index contributed by atoms with van der Waals surface area (Å²) < 4.78 is 5.21. The SMILES string of the molecule is CC(CCCC1CO1)Cc1ccccc1. The monoisotopic (exact) mass is 204 g/mol. The van der Waals surface area contributed by atoms with Crippen molar-refractivity contribution < 1.29 is 4.74 Å². The number of ether oxygens (including phenoxy) is 1. The Morgan fingerprint density at radius 3 is 2.73 bits per heavy atom. The van der Waals surface area contributed by atoms with E-state index < -0.39 is 0 Å². The van der Waals surface area contributed by atoms with Gasteiger partial charge < -0.3 is 4.74 Å². The fourth-order valence-electron chi connectivity index (χ4n) is 2.05. The molecule has 0 bridgehead atoms. The summed E-state index contributed by atoms with van der Waals surface area (Å²) in [4.78, 5) is 0. The average molecular weight is 204 g/mol. The Labute approximate surface area is 92.5 Å². The standard InChI is InChI=1S/C14H20O/c1-12(6-5-9-14-11-15-14)10-13-7-3-2-4-8-13/h2-4,7-8,12,14H,5-6,9-11H2,1H3. The molecule has 1 aromatic rings. The number of benzene rings is 1. The molecule has 0 aromatic heterocycles. The molecule has 0 radical (unpaired) electrons. The topological polar surface area (TPSA) is 12.5 Å². The maximum atomic E-state index is 5.21. The lowest BCUT2D eigenvalue weighted by atomic mass is 9.95. The number of hydrogen-bond donors (Lipinski definition) is 0. The van der Waals surface area contributed by atoms with Crippen LogP contribution in [0.4, 0.5) is 0 Å². The second-order valence-electron chi connectivity index (χ2n) is 4.68. The Morgan fingerprint density at radius 1 is 1.33 bits per heavy atom. The van der Waals surface area contributed by atoms with Crippen molar-refractivity contribution in [2.75, 3.05) is 6.61 Å². The fourth-order valence-corrected chi connectivity index (χ4v) is 2.05. The molecule has 0 saturated carbocycles. The van der Waals surface area contributed by atoms with E-state index in [4.69, 9.17) is 4.74 Å². The molecule has 1 nitrogen and oxygen atoms in total. The van der Waals surface area contributed by atoms with Crippen molar-refractivity contribution in [2.24, 2.45) is 5.92 Å². The van der Waals surface area contributed by atoms with Crippen LogP contribution in [-0.4, -0.2) is 12.7 Å². The van der Waals surface area contributed by atoms with Gasteiger partial charge in [-0.3, -0.25) is 0 Å². The number of hydrogen-bond acceptors (Lipinski definition) is 1. The highest BCUT2D eigenvalue weighted by molar-refractivity contribution is 5.14. The molecule has 0 aliphatic carbocycles. The van der Waals surface area contributed by atoms with E-state index in [9.17, 15) is 0 Å². The molecule has 2 unspecified atom stereocenters. The molecule has 0 amide bonds. The normalized spacial score (nSPS) is 21.3. The van der Waals surface area contributed by atoms with Crippen molar-refractivity contribution in [3.05, 3.63) is 35.9 Å². The lowest BCUT2D eigenvalue weighted by Crippen LogP contribution is -2.00. The Bertz CT molecular complexity index is 277. The molecule has 1 heteroatoms. The second-order valence-corrected chi connectivity index (χ2v) is 4.68. The van der Waals surface area contributed by atoms with Crippen molar-refractivity contribution in [2.45, 2.75) is 38.7 Å². The van der Waals surface area contributed by atoms with Crippen LogP contribution < -0.4 is 0 Å². The summed E-state index contributed by atoms with van der Waals surface area (Å²) in [5, 5.41) is 0. The van der Waals surface area contributed by atoms with Gasteiger partial charge in [-0.2, -0.15) is 0 Å². The van der Waals surface area contributed by atoms with Gasteiger partial charge in [-0.1, -0.05) is 50.1 Å². The third kappa shape index (κ3) is 4.05. The zero-order chi connectivity index (χ0) is 10.5. The third-order valence-electron chi connectivity index (χ3n) is 3.05. The fraction of sp³-hybridized carbons (Fsp3) is 0.571. The Balaban J connectivity index is 1.65. The summed E-state index contributed by atoms with van der Waals surface area (Å²) >= 11 is 0. The summed E-state index contributed by atoms with van der Waals surface area (Å²) in [5.74, 6) is 0.797. The molecule has 82 valence electrons. The van der Waals surface area contributed by atoms with Gasteiger partial charge >= 0.3 is 0 Å². The van der Waals surface area contributed by atoms with E-state index in [-0.39, 0.29) is 0 Å². The van der Waals surface area contributed by atoms with Crippen LogP contribution in [0.1, 0.15) is 31.7 Å². The van der Waals surface area contributed by atoms with Crippen molar-refractivity contribution in [1.29, 1.82) is 0 Å². The summed E-state index contributed by atoms with van der Waals surface area (Å²) in [6, 6.07) is 10.8. The Kier molecular flexibility index (Phi) is 3.79. The molecule has 2 rings (SSSR count). The molecular weight excluding hydrogens is 184 g/mol. The molecule has 2 atom stereocenters. The minimum atomic E-state index is 0.605. The number of epoxide rings is 1. The largest absolute Gasteiger partial charge is 0.373 e. The summed E-state index contributed by atoms with van der Waals surface area (Å²) in [5.41, 5.74) is 1.47. The lowest BCUT2D eigenvalue weighted by Gasteiger charge is -2.10. The van der Waals surface area contributed by atoms with E-state index in [1.54, 1.807) is 0 Å². The maximum Gasteiger partial charge on any atom is 0.0810 e. The van der Waals surface area contributed by atoms with Crippen LogP contribution in [0.2, 0.25) is 0 Å². The molecule has 0 spiro atoms. The van der Waals surface area contributed by atoms with Gasteiger partial charge in [-0.25, -0.2) is 0 Å². The lowest BCUT2D eigenvalue weighted by molar-refractivity contribution is 0.379. The minimum Gasteiger partial charge on any atom is -0.373 e.